The number of anilines is 1. The zero-order valence-electron chi connectivity index (χ0n) is 15.4. The van der Waals surface area contributed by atoms with Crippen LogP contribution in [0.25, 0.3) is 0 Å². The molecule has 0 aliphatic carbocycles. The molecule has 1 aliphatic heterocycles. The van der Waals surface area contributed by atoms with E-state index in [0.29, 0.717) is 12.3 Å². The average molecular weight is 346 g/mol. The normalized spacial score (nSPS) is 17.4. The summed E-state index contributed by atoms with van der Waals surface area (Å²) in [7, 11) is 0. The second-order valence-corrected chi connectivity index (χ2v) is 6.53. The molecule has 5 nitrogen and oxygen atoms in total. The third-order valence-corrected chi connectivity index (χ3v) is 4.39. The number of ether oxygens (including phenoxy) is 1. The number of imide groups is 1. The molecule has 5 heteroatoms. The van der Waals surface area contributed by atoms with Gasteiger partial charge in [-0.2, -0.15) is 0 Å². The van der Waals surface area contributed by atoms with Crippen molar-refractivity contribution in [1.82, 2.24) is 5.32 Å². The molecule has 0 radical (unpaired) electrons. The number of nitrogens with zero attached hydrogens (tertiary/aromatic N) is 1. The van der Waals surface area contributed by atoms with E-state index in [0.717, 1.165) is 25.1 Å². The van der Waals surface area contributed by atoms with Crippen LogP contribution in [0.2, 0.25) is 0 Å². The summed E-state index contributed by atoms with van der Waals surface area (Å²) in [6.07, 6.45) is 7.10. The Kier molecular flexibility index (Phi) is 7.92. The lowest BCUT2D eigenvalue weighted by Crippen LogP contribution is -2.39. The number of amides is 2. The van der Waals surface area contributed by atoms with Crippen molar-refractivity contribution in [2.75, 3.05) is 18.1 Å². The van der Waals surface area contributed by atoms with Crippen molar-refractivity contribution >= 4 is 17.5 Å². The van der Waals surface area contributed by atoms with E-state index in [2.05, 4.69) is 12.2 Å². The molecule has 2 rings (SSSR count). The molecule has 25 heavy (non-hydrogen) atoms. The van der Waals surface area contributed by atoms with Gasteiger partial charge in [0.1, 0.15) is 5.75 Å². The first-order valence-corrected chi connectivity index (χ1v) is 9.50. The highest BCUT2D eigenvalue weighted by molar-refractivity contribution is 6.22. The van der Waals surface area contributed by atoms with Crippen LogP contribution in [0.4, 0.5) is 5.69 Å². The van der Waals surface area contributed by atoms with Gasteiger partial charge in [-0.05, 0) is 43.7 Å². The molecule has 1 aliphatic rings. The number of carbonyl (C=O) groups is 2. The second-order valence-electron chi connectivity index (χ2n) is 6.53. The molecule has 0 bridgehead atoms. The van der Waals surface area contributed by atoms with Crippen LogP contribution in [-0.4, -0.2) is 31.0 Å². The molecule has 1 fully saturated rings. The number of hydrogen-bond donors (Lipinski definition) is 1. The molecule has 1 aromatic carbocycles. The predicted octanol–water partition coefficient (Wildman–Crippen LogP) is 3.67. The standard InChI is InChI=1S/C20H30N2O3/c1-3-5-6-7-8-13-21-18-15-19(23)22(20(18)24)16-9-11-17(12-10-16)25-14-4-2/h9-12,18,21H,3-8,13-15H2,1-2H3/t18-/m1/s1. The minimum atomic E-state index is -0.394. The van der Waals surface area contributed by atoms with Crippen LogP contribution >= 0.6 is 0 Å². The maximum Gasteiger partial charge on any atom is 0.251 e. The maximum atomic E-state index is 12.6. The van der Waals surface area contributed by atoms with Crippen molar-refractivity contribution in [3.05, 3.63) is 24.3 Å². The Morgan fingerprint density at radius 3 is 2.44 bits per heavy atom. The molecule has 1 saturated heterocycles. The maximum absolute atomic E-state index is 12.6. The van der Waals surface area contributed by atoms with Gasteiger partial charge >= 0.3 is 0 Å². The first-order valence-electron chi connectivity index (χ1n) is 9.50. The summed E-state index contributed by atoms with van der Waals surface area (Å²) >= 11 is 0. The van der Waals surface area contributed by atoms with Crippen LogP contribution in [0, 0.1) is 0 Å². The number of unbranched alkanes of at least 4 members (excludes halogenated alkanes) is 4. The molecule has 2 amide bonds. The van der Waals surface area contributed by atoms with Gasteiger partial charge in [-0.25, -0.2) is 4.90 Å². The van der Waals surface area contributed by atoms with E-state index >= 15 is 0 Å². The summed E-state index contributed by atoms with van der Waals surface area (Å²) in [6, 6.07) is 6.76. The average Bonchev–Trinajstić information content (AvgIpc) is 2.90. The van der Waals surface area contributed by atoms with Crippen LogP contribution in [0.15, 0.2) is 24.3 Å². The first kappa shape index (κ1) is 19.4. The minimum Gasteiger partial charge on any atom is -0.494 e. The van der Waals surface area contributed by atoms with Gasteiger partial charge in [0.25, 0.3) is 5.91 Å². The van der Waals surface area contributed by atoms with Crippen LogP contribution < -0.4 is 15.0 Å². The predicted molar refractivity (Wildman–Crippen MR) is 99.9 cm³/mol. The van der Waals surface area contributed by atoms with Crippen molar-refractivity contribution in [3.8, 4) is 5.75 Å². The Hall–Kier alpha value is -1.88. The zero-order valence-corrected chi connectivity index (χ0v) is 15.4. The van der Waals surface area contributed by atoms with Crippen molar-refractivity contribution in [3.63, 3.8) is 0 Å². The molecule has 1 heterocycles. The van der Waals surface area contributed by atoms with E-state index in [1.54, 1.807) is 24.3 Å². The summed E-state index contributed by atoms with van der Waals surface area (Å²) in [6.45, 7) is 5.68. The van der Waals surface area contributed by atoms with Gasteiger partial charge < -0.3 is 10.1 Å². The quantitative estimate of drug-likeness (QED) is 0.491. The van der Waals surface area contributed by atoms with Gasteiger partial charge in [-0.1, -0.05) is 39.5 Å². The van der Waals surface area contributed by atoms with Crippen molar-refractivity contribution in [2.45, 2.75) is 64.8 Å². The number of nitrogens with one attached hydrogen (secondary N) is 1. The molecule has 138 valence electrons. The molecule has 0 aromatic heterocycles. The van der Waals surface area contributed by atoms with Gasteiger partial charge in [0.15, 0.2) is 0 Å². The van der Waals surface area contributed by atoms with Crippen molar-refractivity contribution in [2.24, 2.45) is 0 Å². The van der Waals surface area contributed by atoms with Gasteiger partial charge in [0.2, 0.25) is 5.91 Å². The Labute approximate surface area is 150 Å². The van der Waals surface area contributed by atoms with Crippen LogP contribution in [0.5, 0.6) is 5.75 Å². The van der Waals surface area contributed by atoms with E-state index < -0.39 is 6.04 Å². The summed E-state index contributed by atoms with van der Waals surface area (Å²) in [5.74, 6) is 0.461. The van der Waals surface area contributed by atoms with Crippen LogP contribution in [0.3, 0.4) is 0 Å². The molecule has 1 N–H and O–H groups in total. The topological polar surface area (TPSA) is 58.6 Å². The smallest absolute Gasteiger partial charge is 0.251 e. The largest absolute Gasteiger partial charge is 0.494 e. The summed E-state index contributed by atoms with van der Waals surface area (Å²) in [5, 5.41) is 3.24. The number of carbonyl (C=O) groups excluding carboxylic acids is 2. The lowest BCUT2D eigenvalue weighted by atomic mass is 10.1. The Balaban J connectivity index is 1.85. The fourth-order valence-corrected chi connectivity index (χ4v) is 2.98. The van der Waals surface area contributed by atoms with E-state index in [1.807, 2.05) is 6.92 Å². The highest BCUT2D eigenvalue weighted by Crippen LogP contribution is 2.25. The van der Waals surface area contributed by atoms with E-state index in [1.165, 1.54) is 30.6 Å². The second kappa shape index (κ2) is 10.2. The van der Waals surface area contributed by atoms with Crippen LogP contribution in [-0.2, 0) is 9.59 Å². The Morgan fingerprint density at radius 1 is 1.04 bits per heavy atom. The van der Waals surface area contributed by atoms with E-state index in [-0.39, 0.29) is 18.2 Å². The molecule has 0 saturated carbocycles. The molecule has 1 aromatic rings. The number of rotatable bonds is 11. The Morgan fingerprint density at radius 2 is 1.76 bits per heavy atom. The van der Waals surface area contributed by atoms with Gasteiger partial charge in [0, 0.05) is 0 Å². The summed E-state index contributed by atoms with van der Waals surface area (Å²) in [5.41, 5.74) is 0.617. The van der Waals surface area contributed by atoms with E-state index in [9.17, 15) is 9.59 Å². The molecular weight excluding hydrogens is 316 g/mol. The van der Waals surface area contributed by atoms with E-state index in [4.69, 9.17) is 4.74 Å². The third kappa shape index (κ3) is 5.56. The molecular formula is C20H30N2O3. The number of hydrogen-bond acceptors (Lipinski definition) is 4. The molecule has 1 atom stereocenters. The monoisotopic (exact) mass is 346 g/mol. The SMILES string of the molecule is CCCCCCCN[C@@H]1CC(=O)N(c2ccc(OCCC)cc2)C1=O. The van der Waals surface area contributed by atoms with Crippen molar-refractivity contribution in [1.29, 1.82) is 0 Å². The summed E-state index contributed by atoms with van der Waals surface area (Å²) < 4.78 is 5.54. The summed E-state index contributed by atoms with van der Waals surface area (Å²) in [4.78, 5) is 26.1. The minimum absolute atomic E-state index is 0.143. The zero-order chi connectivity index (χ0) is 18.1. The van der Waals surface area contributed by atoms with Gasteiger partial charge in [-0.3, -0.25) is 9.59 Å². The third-order valence-electron chi connectivity index (χ3n) is 4.39. The lowest BCUT2D eigenvalue weighted by molar-refractivity contribution is -0.121. The van der Waals surface area contributed by atoms with Crippen LogP contribution in [0.1, 0.15) is 58.8 Å². The van der Waals surface area contributed by atoms with Crippen molar-refractivity contribution < 1.29 is 14.3 Å². The highest BCUT2D eigenvalue weighted by Gasteiger charge is 2.39. The van der Waals surface area contributed by atoms with Gasteiger partial charge in [0.05, 0.1) is 24.8 Å². The fraction of sp³-hybridized carbons (Fsp3) is 0.600. The fourth-order valence-electron chi connectivity index (χ4n) is 2.98. The molecule has 0 unspecified atom stereocenters. The lowest BCUT2D eigenvalue weighted by Gasteiger charge is -2.16. The number of benzene rings is 1. The highest BCUT2D eigenvalue weighted by atomic mass is 16.5. The molecule has 0 spiro atoms. The first-order chi connectivity index (χ1) is 12.2. The van der Waals surface area contributed by atoms with Gasteiger partial charge in [-0.15, -0.1) is 0 Å². The Bertz CT molecular complexity index is 557.